The van der Waals surface area contributed by atoms with Crippen LogP contribution in [-0.4, -0.2) is 25.7 Å². The summed E-state index contributed by atoms with van der Waals surface area (Å²) in [5.41, 5.74) is 3.64. The number of aryl methyl sites for hydroxylation is 1. The van der Waals surface area contributed by atoms with Crippen molar-refractivity contribution in [2.45, 2.75) is 64.2 Å². The monoisotopic (exact) mass is 409 g/mol. The van der Waals surface area contributed by atoms with E-state index in [-0.39, 0.29) is 23.1 Å². The first-order valence-electron chi connectivity index (χ1n) is 10.3. The molecule has 1 aliphatic rings. The van der Waals surface area contributed by atoms with Gasteiger partial charge in [0.25, 0.3) is 5.56 Å². The number of hydrogen-bond donors (Lipinski definition) is 0. The SMILES string of the molecule is CCC(C)n1c(SCC(=O)c2cc(C)n(C3CC3)c2C)nc2ccccc2c1=O. The number of benzene rings is 1. The number of rotatable bonds is 7. The second kappa shape index (κ2) is 7.82. The largest absolute Gasteiger partial charge is 0.345 e. The molecular formula is C23H27N3O2S. The van der Waals surface area contributed by atoms with Crippen LogP contribution in [0.2, 0.25) is 0 Å². The number of ketones is 1. The topological polar surface area (TPSA) is 56.9 Å². The Bertz CT molecular complexity index is 1140. The van der Waals surface area contributed by atoms with Crippen molar-refractivity contribution in [2.75, 3.05) is 5.75 Å². The van der Waals surface area contributed by atoms with Crippen molar-refractivity contribution in [1.29, 1.82) is 0 Å². The molecule has 3 aromatic rings. The van der Waals surface area contributed by atoms with Gasteiger partial charge in [-0.05, 0) is 58.2 Å². The molecule has 0 saturated heterocycles. The minimum atomic E-state index is -0.0354. The normalized spacial score (nSPS) is 15.0. The van der Waals surface area contributed by atoms with E-state index in [0.29, 0.717) is 22.1 Å². The van der Waals surface area contributed by atoms with Gasteiger partial charge in [-0.3, -0.25) is 14.2 Å². The fourth-order valence-corrected chi connectivity index (χ4v) is 4.94. The van der Waals surface area contributed by atoms with Gasteiger partial charge < -0.3 is 4.57 Å². The number of fused-ring (bicyclic) bond motifs is 1. The van der Waals surface area contributed by atoms with Crippen molar-refractivity contribution >= 4 is 28.4 Å². The lowest BCUT2D eigenvalue weighted by Crippen LogP contribution is -2.26. The van der Waals surface area contributed by atoms with Gasteiger partial charge in [0, 0.05) is 29.0 Å². The molecular weight excluding hydrogens is 382 g/mol. The zero-order chi connectivity index (χ0) is 20.7. The molecule has 1 saturated carbocycles. The number of para-hydroxylation sites is 1. The summed E-state index contributed by atoms with van der Waals surface area (Å²) >= 11 is 1.36. The second-order valence-electron chi connectivity index (χ2n) is 7.94. The molecule has 0 bridgehead atoms. The molecule has 1 unspecified atom stereocenters. The summed E-state index contributed by atoms with van der Waals surface area (Å²) in [5.74, 6) is 0.365. The highest BCUT2D eigenvalue weighted by Gasteiger charge is 2.28. The number of thioether (sulfide) groups is 1. The molecule has 1 aromatic carbocycles. The summed E-state index contributed by atoms with van der Waals surface area (Å²) in [5, 5.41) is 1.24. The molecule has 0 amide bonds. The molecule has 0 aliphatic heterocycles. The van der Waals surface area contributed by atoms with Crippen LogP contribution in [0.4, 0.5) is 0 Å². The van der Waals surface area contributed by atoms with E-state index in [2.05, 4.69) is 18.4 Å². The molecule has 2 aromatic heterocycles. The third-order valence-electron chi connectivity index (χ3n) is 5.84. The standard InChI is InChI=1S/C23H27N3O2S/c1-5-14(2)26-22(28)18-8-6-7-9-20(18)24-23(26)29-13-21(27)19-12-15(3)25(16(19)4)17-10-11-17/h6-9,12,14,17H,5,10-11,13H2,1-4H3. The first-order valence-corrected chi connectivity index (χ1v) is 11.3. The summed E-state index contributed by atoms with van der Waals surface area (Å²) in [6.07, 6.45) is 3.21. The van der Waals surface area contributed by atoms with Crippen molar-refractivity contribution in [2.24, 2.45) is 0 Å². The summed E-state index contributed by atoms with van der Waals surface area (Å²) in [4.78, 5) is 30.8. The van der Waals surface area contributed by atoms with Crippen LogP contribution in [0.5, 0.6) is 0 Å². The highest BCUT2D eigenvalue weighted by molar-refractivity contribution is 7.99. The average Bonchev–Trinajstić information content (AvgIpc) is 3.50. The van der Waals surface area contributed by atoms with Crippen LogP contribution in [0.25, 0.3) is 10.9 Å². The molecule has 0 spiro atoms. The zero-order valence-electron chi connectivity index (χ0n) is 17.4. The Morgan fingerprint density at radius 2 is 2.00 bits per heavy atom. The third kappa shape index (κ3) is 3.66. The number of carbonyl (C=O) groups excluding carboxylic acids is 1. The molecule has 152 valence electrons. The van der Waals surface area contributed by atoms with Gasteiger partial charge in [0.1, 0.15) is 0 Å². The Hall–Kier alpha value is -2.34. The number of nitrogens with zero attached hydrogens (tertiary/aromatic N) is 3. The van der Waals surface area contributed by atoms with Gasteiger partial charge in [0.15, 0.2) is 10.9 Å². The molecule has 0 radical (unpaired) electrons. The van der Waals surface area contributed by atoms with E-state index >= 15 is 0 Å². The predicted molar refractivity (Wildman–Crippen MR) is 118 cm³/mol. The molecule has 5 nitrogen and oxygen atoms in total. The number of carbonyl (C=O) groups is 1. The lowest BCUT2D eigenvalue weighted by molar-refractivity contribution is 0.102. The van der Waals surface area contributed by atoms with Gasteiger partial charge in [0.2, 0.25) is 0 Å². The minimum Gasteiger partial charge on any atom is -0.345 e. The van der Waals surface area contributed by atoms with E-state index in [0.717, 1.165) is 23.4 Å². The molecule has 4 rings (SSSR count). The smallest absolute Gasteiger partial charge is 0.262 e. The van der Waals surface area contributed by atoms with Crippen LogP contribution in [0.1, 0.15) is 66.9 Å². The zero-order valence-corrected chi connectivity index (χ0v) is 18.3. The fourth-order valence-electron chi connectivity index (χ4n) is 3.96. The van der Waals surface area contributed by atoms with E-state index in [9.17, 15) is 9.59 Å². The first kappa shape index (κ1) is 20.0. The summed E-state index contributed by atoms with van der Waals surface area (Å²) < 4.78 is 4.04. The molecule has 1 aliphatic carbocycles. The van der Waals surface area contributed by atoms with Gasteiger partial charge in [-0.2, -0.15) is 0 Å². The van der Waals surface area contributed by atoms with Gasteiger partial charge in [-0.1, -0.05) is 30.8 Å². The third-order valence-corrected chi connectivity index (χ3v) is 6.79. The van der Waals surface area contributed by atoms with Crippen LogP contribution >= 0.6 is 11.8 Å². The maximum absolute atomic E-state index is 13.1. The van der Waals surface area contributed by atoms with E-state index in [1.807, 2.05) is 44.2 Å². The van der Waals surface area contributed by atoms with Gasteiger partial charge in [-0.15, -0.1) is 0 Å². The molecule has 1 atom stereocenters. The van der Waals surface area contributed by atoms with E-state index < -0.39 is 0 Å². The Labute approximate surface area is 175 Å². The van der Waals surface area contributed by atoms with Crippen molar-refractivity contribution in [3.05, 3.63) is 57.6 Å². The maximum atomic E-state index is 13.1. The van der Waals surface area contributed by atoms with Crippen LogP contribution in [0, 0.1) is 13.8 Å². The minimum absolute atomic E-state index is 0.0251. The van der Waals surface area contributed by atoms with Crippen molar-refractivity contribution in [3.63, 3.8) is 0 Å². The molecule has 29 heavy (non-hydrogen) atoms. The fraction of sp³-hybridized carbons (Fsp3) is 0.435. The Kier molecular flexibility index (Phi) is 5.38. The van der Waals surface area contributed by atoms with E-state index in [4.69, 9.17) is 4.98 Å². The highest BCUT2D eigenvalue weighted by atomic mass is 32.2. The predicted octanol–water partition coefficient (Wildman–Crippen LogP) is 5.10. The Balaban J connectivity index is 1.65. The van der Waals surface area contributed by atoms with Crippen LogP contribution < -0.4 is 5.56 Å². The molecule has 1 fully saturated rings. The number of aromatic nitrogens is 3. The van der Waals surface area contributed by atoms with Gasteiger partial charge in [0.05, 0.1) is 16.7 Å². The van der Waals surface area contributed by atoms with Crippen LogP contribution in [0.15, 0.2) is 40.3 Å². The second-order valence-corrected chi connectivity index (χ2v) is 8.88. The summed E-state index contributed by atoms with van der Waals surface area (Å²) in [6.45, 7) is 8.18. The van der Waals surface area contributed by atoms with Crippen molar-refractivity contribution < 1.29 is 4.79 Å². The first-order chi connectivity index (χ1) is 13.9. The van der Waals surface area contributed by atoms with E-state index in [1.165, 1.54) is 24.6 Å². The summed E-state index contributed by atoms with van der Waals surface area (Å²) in [7, 11) is 0. The van der Waals surface area contributed by atoms with Crippen molar-refractivity contribution in [1.82, 2.24) is 14.1 Å². The van der Waals surface area contributed by atoms with Gasteiger partial charge >= 0.3 is 0 Å². The van der Waals surface area contributed by atoms with E-state index in [1.54, 1.807) is 4.57 Å². The maximum Gasteiger partial charge on any atom is 0.262 e. The highest BCUT2D eigenvalue weighted by Crippen LogP contribution is 2.38. The van der Waals surface area contributed by atoms with Crippen LogP contribution in [0.3, 0.4) is 0 Å². The number of hydrogen-bond acceptors (Lipinski definition) is 4. The lowest BCUT2D eigenvalue weighted by Gasteiger charge is -2.18. The van der Waals surface area contributed by atoms with Gasteiger partial charge in [-0.25, -0.2) is 4.98 Å². The Morgan fingerprint density at radius 1 is 1.28 bits per heavy atom. The molecule has 2 heterocycles. The Morgan fingerprint density at radius 3 is 2.69 bits per heavy atom. The van der Waals surface area contributed by atoms with Crippen molar-refractivity contribution in [3.8, 4) is 0 Å². The number of Topliss-reactive ketones (excluding diaryl/α,β-unsaturated/α-hetero) is 1. The average molecular weight is 410 g/mol. The molecule has 6 heteroatoms. The lowest BCUT2D eigenvalue weighted by atomic mass is 10.2. The summed E-state index contributed by atoms with van der Waals surface area (Å²) in [6, 6.07) is 10.0. The van der Waals surface area contributed by atoms with Crippen LogP contribution in [-0.2, 0) is 0 Å². The quantitative estimate of drug-likeness (QED) is 0.310. The molecule has 0 N–H and O–H groups in total.